The maximum absolute atomic E-state index is 10.8. The van der Waals surface area contributed by atoms with E-state index in [4.69, 9.17) is 0 Å². The van der Waals surface area contributed by atoms with Gasteiger partial charge in [-0.1, -0.05) is 6.08 Å². The highest BCUT2D eigenvalue weighted by Gasteiger charge is 2.31. The number of hydrogen-bond acceptors (Lipinski definition) is 3. The second-order valence-electron chi connectivity index (χ2n) is 2.02. The van der Waals surface area contributed by atoms with Gasteiger partial charge in [0.2, 0.25) is 11.8 Å². The molecule has 0 saturated carbocycles. The van der Waals surface area contributed by atoms with E-state index in [0.717, 1.165) is 0 Å². The predicted octanol–water partition coefficient (Wildman–Crippen LogP) is -0.845. The van der Waals surface area contributed by atoms with E-state index in [-0.39, 0.29) is 0 Å². The minimum atomic E-state index is -0.951. The molecule has 58 valence electrons. The molecule has 0 radical (unpaired) electrons. The maximum atomic E-state index is 10.8. The fraction of sp³-hybridized carbons (Fsp3) is 0.167. The van der Waals surface area contributed by atoms with E-state index in [1.54, 1.807) is 0 Å². The summed E-state index contributed by atoms with van der Waals surface area (Å²) in [6.45, 7) is 3.28. The first-order chi connectivity index (χ1) is 5.15. The molecule has 1 rings (SSSR count). The molecule has 5 heteroatoms. The molecule has 1 aliphatic heterocycles. The number of carbonyl (C=O) groups is 3. The highest BCUT2D eigenvalue weighted by Crippen LogP contribution is 2.01. The number of hydrogen-bond donors (Lipinski definition) is 2. The Bertz CT molecular complexity index is 226. The van der Waals surface area contributed by atoms with Crippen molar-refractivity contribution in [1.29, 1.82) is 0 Å². The zero-order chi connectivity index (χ0) is 8.43. The molecule has 1 heterocycles. The van der Waals surface area contributed by atoms with Crippen LogP contribution >= 0.6 is 0 Å². The average molecular weight is 154 g/mol. The summed E-state index contributed by atoms with van der Waals surface area (Å²) >= 11 is 0. The number of barbiturate groups is 1. The molecule has 1 saturated heterocycles. The van der Waals surface area contributed by atoms with Crippen LogP contribution in [-0.2, 0) is 9.59 Å². The minimum Gasteiger partial charge on any atom is -0.277 e. The number of rotatable bonds is 1. The normalized spacial score (nSPS) is 19.1. The van der Waals surface area contributed by atoms with Crippen LogP contribution in [0.25, 0.3) is 0 Å². The Hall–Kier alpha value is -1.65. The number of urea groups is 1. The van der Waals surface area contributed by atoms with Gasteiger partial charge in [0.15, 0.2) is 0 Å². The molecule has 0 aromatic rings. The highest BCUT2D eigenvalue weighted by atomic mass is 16.2. The lowest BCUT2D eigenvalue weighted by atomic mass is 10.1. The van der Waals surface area contributed by atoms with E-state index < -0.39 is 23.8 Å². The summed E-state index contributed by atoms with van der Waals surface area (Å²) in [6.07, 6.45) is 1.18. The topological polar surface area (TPSA) is 75.3 Å². The Balaban J connectivity index is 2.82. The predicted molar refractivity (Wildman–Crippen MR) is 35.4 cm³/mol. The molecule has 2 N–H and O–H groups in total. The monoisotopic (exact) mass is 154 g/mol. The van der Waals surface area contributed by atoms with Crippen molar-refractivity contribution in [1.82, 2.24) is 10.6 Å². The van der Waals surface area contributed by atoms with Crippen LogP contribution < -0.4 is 10.6 Å². The molecule has 1 fully saturated rings. The molecule has 0 bridgehead atoms. The first-order valence-corrected chi connectivity index (χ1v) is 2.93. The Morgan fingerprint density at radius 1 is 1.18 bits per heavy atom. The van der Waals surface area contributed by atoms with Crippen molar-refractivity contribution in [2.45, 2.75) is 0 Å². The molecule has 0 aromatic carbocycles. The summed E-state index contributed by atoms with van der Waals surface area (Å²) in [5.74, 6) is -2.21. The van der Waals surface area contributed by atoms with Gasteiger partial charge in [-0.3, -0.25) is 20.2 Å². The molecular formula is C6H6N2O3. The highest BCUT2D eigenvalue weighted by molar-refractivity contribution is 6.17. The Labute approximate surface area is 62.5 Å². The molecule has 0 aromatic heterocycles. The first kappa shape index (κ1) is 7.46. The van der Waals surface area contributed by atoms with Crippen LogP contribution in [-0.4, -0.2) is 17.8 Å². The molecule has 0 aliphatic carbocycles. The number of imide groups is 2. The number of carbonyl (C=O) groups excluding carboxylic acids is 3. The van der Waals surface area contributed by atoms with E-state index >= 15 is 0 Å². The van der Waals surface area contributed by atoms with Crippen molar-refractivity contribution < 1.29 is 14.4 Å². The second kappa shape index (κ2) is 2.53. The van der Waals surface area contributed by atoms with Crippen molar-refractivity contribution in [2.24, 2.45) is 5.92 Å². The van der Waals surface area contributed by atoms with Crippen LogP contribution in [0.2, 0.25) is 0 Å². The largest absolute Gasteiger partial charge is 0.328 e. The Morgan fingerprint density at radius 3 is 2.00 bits per heavy atom. The summed E-state index contributed by atoms with van der Waals surface area (Å²) in [5.41, 5.74) is 0. The van der Waals surface area contributed by atoms with Crippen molar-refractivity contribution >= 4 is 17.8 Å². The third kappa shape index (κ3) is 1.26. The van der Waals surface area contributed by atoms with Gasteiger partial charge in [0, 0.05) is 0 Å². The van der Waals surface area contributed by atoms with Crippen LogP contribution in [0.4, 0.5) is 4.79 Å². The average Bonchev–Trinajstić information content (AvgIpc) is 1.85. The number of amides is 4. The molecular weight excluding hydrogens is 148 g/mol. The van der Waals surface area contributed by atoms with Crippen LogP contribution in [0.1, 0.15) is 0 Å². The standard InChI is InChI=1S/C6H6N2O3/c1-2-3-4(9)7-6(11)8-5(3)10/h2-3H,1H2,(H2,7,8,9,10,11). The van der Waals surface area contributed by atoms with Crippen LogP contribution in [0.5, 0.6) is 0 Å². The van der Waals surface area contributed by atoms with E-state index in [0.29, 0.717) is 0 Å². The van der Waals surface area contributed by atoms with Crippen LogP contribution in [0.15, 0.2) is 12.7 Å². The quantitative estimate of drug-likeness (QED) is 0.381. The molecule has 0 unspecified atom stereocenters. The lowest BCUT2D eigenvalue weighted by molar-refractivity contribution is -0.133. The summed E-state index contributed by atoms with van der Waals surface area (Å²) in [6, 6.07) is -0.780. The van der Waals surface area contributed by atoms with Gasteiger partial charge < -0.3 is 0 Å². The molecule has 11 heavy (non-hydrogen) atoms. The zero-order valence-corrected chi connectivity index (χ0v) is 5.59. The minimum absolute atomic E-state index is 0.631. The summed E-state index contributed by atoms with van der Waals surface area (Å²) in [4.78, 5) is 32.0. The number of nitrogens with one attached hydrogen (secondary N) is 2. The van der Waals surface area contributed by atoms with Gasteiger partial charge in [0.25, 0.3) is 0 Å². The molecule has 1 aliphatic rings. The lowest BCUT2D eigenvalue weighted by Crippen LogP contribution is -2.55. The van der Waals surface area contributed by atoms with E-state index in [1.165, 1.54) is 6.08 Å². The van der Waals surface area contributed by atoms with Crippen molar-refractivity contribution in [3.8, 4) is 0 Å². The van der Waals surface area contributed by atoms with Crippen LogP contribution in [0, 0.1) is 5.92 Å². The van der Waals surface area contributed by atoms with E-state index in [2.05, 4.69) is 6.58 Å². The third-order valence-corrected chi connectivity index (χ3v) is 1.27. The SMILES string of the molecule is C=CC1C(=O)NC(=O)NC1=O. The van der Waals surface area contributed by atoms with E-state index in [9.17, 15) is 14.4 Å². The molecule has 0 atom stereocenters. The zero-order valence-electron chi connectivity index (χ0n) is 5.59. The van der Waals surface area contributed by atoms with Crippen molar-refractivity contribution in [3.05, 3.63) is 12.7 Å². The first-order valence-electron chi connectivity index (χ1n) is 2.93. The fourth-order valence-electron chi connectivity index (χ4n) is 0.744. The summed E-state index contributed by atoms with van der Waals surface area (Å²) in [7, 11) is 0. The van der Waals surface area contributed by atoms with Gasteiger partial charge in [-0.25, -0.2) is 4.79 Å². The molecule has 0 spiro atoms. The van der Waals surface area contributed by atoms with Gasteiger partial charge >= 0.3 is 6.03 Å². The third-order valence-electron chi connectivity index (χ3n) is 1.27. The summed E-state index contributed by atoms with van der Waals surface area (Å²) in [5, 5.41) is 3.86. The molecule has 5 nitrogen and oxygen atoms in total. The Kier molecular flexibility index (Phi) is 1.72. The lowest BCUT2D eigenvalue weighted by Gasteiger charge is -2.16. The second-order valence-corrected chi connectivity index (χ2v) is 2.02. The van der Waals surface area contributed by atoms with Gasteiger partial charge in [0.1, 0.15) is 5.92 Å². The van der Waals surface area contributed by atoms with Gasteiger partial charge in [-0.15, -0.1) is 6.58 Å². The fourth-order valence-corrected chi connectivity index (χ4v) is 0.744. The summed E-state index contributed by atoms with van der Waals surface area (Å²) < 4.78 is 0. The molecule has 4 amide bonds. The van der Waals surface area contributed by atoms with Gasteiger partial charge in [0.05, 0.1) is 0 Å². The van der Waals surface area contributed by atoms with E-state index in [1.807, 2.05) is 10.6 Å². The van der Waals surface area contributed by atoms with Crippen molar-refractivity contribution in [3.63, 3.8) is 0 Å². The van der Waals surface area contributed by atoms with Crippen LogP contribution in [0.3, 0.4) is 0 Å². The maximum Gasteiger partial charge on any atom is 0.328 e. The van der Waals surface area contributed by atoms with Gasteiger partial charge in [-0.2, -0.15) is 0 Å². The van der Waals surface area contributed by atoms with Gasteiger partial charge in [-0.05, 0) is 0 Å². The smallest absolute Gasteiger partial charge is 0.277 e. The van der Waals surface area contributed by atoms with Crippen molar-refractivity contribution in [2.75, 3.05) is 0 Å². The Morgan fingerprint density at radius 2 is 1.64 bits per heavy atom.